The number of aliphatic imine (C=N–C) groups is 1. The summed E-state index contributed by atoms with van der Waals surface area (Å²) in [6, 6.07) is 14.0. The van der Waals surface area contributed by atoms with Crippen molar-refractivity contribution in [1.29, 1.82) is 0 Å². The van der Waals surface area contributed by atoms with E-state index in [-0.39, 0.29) is 12.5 Å². The van der Waals surface area contributed by atoms with Crippen LogP contribution in [0.15, 0.2) is 59.9 Å². The fraction of sp³-hybridized carbons (Fsp3) is 0.321. The third-order valence-corrected chi connectivity index (χ3v) is 6.90. The predicted molar refractivity (Wildman–Crippen MR) is 144 cm³/mol. The molecule has 1 atom stereocenters. The number of carboxylic acids is 1. The Labute approximate surface area is 220 Å². The molecule has 2 aromatic carbocycles. The molecule has 190 valence electrons. The molecule has 2 aromatic heterocycles. The van der Waals surface area contributed by atoms with E-state index in [1.54, 1.807) is 0 Å². The van der Waals surface area contributed by atoms with Gasteiger partial charge in [0.2, 0.25) is 0 Å². The van der Waals surface area contributed by atoms with Crippen molar-refractivity contribution in [1.82, 2.24) is 24.5 Å². The quantitative estimate of drug-likeness (QED) is 0.273. The molecule has 1 aliphatic heterocycles. The minimum atomic E-state index is -0.730. The Hall–Kier alpha value is -3.78. The molecule has 0 amide bonds. The van der Waals surface area contributed by atoms with E-state index < -0.39 is 5.97 Å². The highest BCUT2D eigenvalue weighted by Crippen LogP contribution is 2.33. The van der Waals surface area contributed by atoms with Crippen LogP contribution in [0, 0.1) is 6.92 Å². The third kappa shape index (κ3) is 5.34. The van der Waals surface area contributed by atoms with E-state index in [2.05, 4.69) is 44.3 Å². The van der Waals surface area contributed by atoms with Gasteiger partial charge in [0.1, 0.15) is 11.9 Å². The van der Waals surface area contributed by atoms with Gasteiger partial charge < -0.3 is 5.11 Å². The predicted octanol–water partition coefficient (Wildman–Crippen LogP) is 6.04. The van der Waals surface area contributed by atoms with Crippen LogP contribution >= 0.6 is 11.6 Å². The maximum absolute atomic E-state index is 10.7. The molecule has 0 aliphatic carbocycles. The molecular formula is C28H29ClN6O2. The average Bonchev–Trinajstić information content (AvgIpc) is 3.48. The first-order valence-corrected chi connectivity index (χ1v) is 12.9. The fourth-order valence-corrected chi connectivity index (χ4v) is 4.87. The molecule has 0 spiro atoms. The topological polar surface area (TPSA) is 98.2 Å². The fourth-order valence-electron chi connectivity index (χ4n) is 4.74. The Morgan fingerprint density at radius 2 is 1.76 bits per heavy atom. The smallest absolute Gasteiger partial charge is 0.303 e. The van der Waals surface area contributed by atoms with Gasteiger partial charge in [-0.1, -0.05) is 42.6 Å². The van der Waals surface area contributed by atoms with Crippen LogP contribution in [0.5, 0.6) is 0 Å². The molecule has 0 bridgehead atoms. The van der Waals surface area contributed by atoms with Crippen molar-refractivity contribution in [2.45, 2.75) is 58.5 Å². The van der Waals surface area contributed by atoms with E-state index in [1.807, 2.05) is 49.0 Å². The number of fused-ring (bicyclic) bond motifs is 3. The minimum absolute atomic E-state index is 0.166. The number of unbranched alkanes of at least 4 members (excludes halogenated alkanes) is 3. The van der Waals surface area contributed by atoms with E-state index >= 15 is 0 Å². The van der Waals surface area contributed by atoms with Crippen molar-refractivity contribution in [2.24, 2.45) is 4.99 Å². The molecule has 1 aliphatic rings. The van der Waals surface area contributed by atoms with Crippen LogP contribution in [0.2, 0.25) is 5.02 Å². The first-order chi connectivity index (χ1) is 17.9. The van der Waals surface area contributed by atoms with Gasteiger partial charge in [0, 0.05) is 40.9 Å². The zero-order chi connectivity index (χ0) is 25.9. The molecule has 3 heterocycles. The number of rotatable bonds is 9. The Balaban J connectivity index is 1.45. The Morgan fingerprint density at radius 3 is 2.54 bits per heavy atom. The second-order valence-corrected chi connectivity index (χ2v) is 9.82. The number of nitrogens with zero attached hydrogens (tertiary/aromatic N) is 6. The van der Waals surface area contributed by atoms with Crippen molar-refractivity contribution in [3.8, 4) is 16.8 Å². The van der Waals surface area contributed by atoms with Gasteiger partial charge in [-0.3, -0.25) is 19.0 Å². The summed E-state index contributed by atoms with van der Waals surface area (Å²) >= 11 is 6.17. The average molecular weight is 517 g/mol. The lowest BCUT2D eigenvalue weighted by Crippen LogP contribution is -2.08. The van der Waals surface area contributed by atoms with E-state index in [0.717, 1.165) is 77.5 Å². The number of aliphatic carboxylic acids is 1. The number of carboxylic acid groups (broad SMARTS) is 1. The lowest BCUT2D eigenvalue weighted by atomic mass is 9.96. The van der Waals surface area contributed by atoms with Gasteiger partial charge >= 0.3 is 5.97 Å². The second kappa shape index (κ2) is 10.7. The van der Waals surface area contributed by atoms with Crippen molar-refractivity contribution in [2.75, 3.05) is 0 Å². The van der Waals surface area contributed by atoms with Crippen molar-refractivity contribution >= 4 is 23.3 Å². The van der Waals surface area contributed by atoms with Crippen LogP contribution in [-0.2, 0) is 11.3 Å². The highest BCUT2D eigenvalue weighted by Gasteiger charge is 2.26. The van der Waals surface area contributed by atoms with Crippen LogP contribution < -0.4 is 0 Å². The standard InChI is InChI=1S/C28H29ClN6O2/c1-18-28-33-32-19(2)35(28)25-13-10-21(15-24(25)27(31-18)20-8-11-23(29)12-9-20)22-16-30-34(17-22)14-6-4-3-5-7-26(36)37/h8-13,15-18H,3-7,14H2,1-2H3,(H,36,37)/t18-/m0/s1. The van der Waals surface area contributed by atoms with E-state index in [9.17, 15) is 4.79 Å². The van der Waals surface area contributed by atoms with Crippen molar-refractivity contribution in [3.05, 3.63) is 82.7 Å². The maximum atomic E-state index is 10.7. The molecule has 0 unspecified atom stereocenters. The van der Waals surface area contributed by atoms with Crippen LogP contribution in [-0.4, -0.2) is 41.3 Å². The van der Waals surface area contributed by atoms with Crippen LogP contribution in [0.4, 0.5) is 0 Å². The Morgan fingerprint density at radius 1 is 1.00 bits per heavy atom. The number of aromatic nitrogens is 5. The number of halogens is 1. The molecule has 0 saturated heterocycles. The summed E-state index contributed by atoms with van der Waals surface area (Å²) in [5.74, 6) is 0.901. The van der Waals surface area contributed by atoms with Crippen LogP contribution in [0.25, 0.3) is 16.8 Å². The normalized spacial score (nSPS) is 14.6. The molecule has 8 nitrogen and oxygen atoms in total. The third-order valence-electron chi connectivity index (χ3n) is 6.65. The summed E-state index contributed by atoms with van der Waals surface area (Å²) in [6.07, 6.45) is 7.78. The second-order valence-electron chi connectivity index (χ2n) is 9.38. The summed E-state index contributed by atoms with van der Waals surface area (Å²) in [5.41, 5.74) is 5.95. The van der Waals surface area contributed by atoms with E-state index in [4.69, 9.17) is 21.7 Å². The molecule has 0 radical (unpaired) electrons. The molecule has 0 fully saturated rings. The van der Waals surface area contributed by atoms with E-state index in [1.165, 1.54) is 0 Å². The van der Waals surface area contributed by atoms with Crippen LogP contribution in [0.1, 0.15) is 67.8 Å². The van der Waals surface area contributed by atoms with Gasteiger partial charge in [0.15, 0.2) is 5.82 Å². The monoisotopic (exact) mass is 516 g/mol. The molecular weight excluding hydrogens is 488 g/mol. The number of hydrogen-bond acceptors (Lipinski definition) is 5. The number of carbonyl (C=O) groups is 1. The number of aryl methyl sites for hydroxylation is 2. The van der Waals surface area contributed by atoms with Gasteiger partial charge in [-0.2, -0.15) is 5.10 Å². The van der Waals surface area contributed by atoms with Gasteiger partial charge in [0.25, 0.3) is 0 Å². The molecule has 9 heteroatoms. The Kier molecular flexibility index (Phi) is 7.19. The van der Waals surface area contributed by atoms with E-state index in [0.29, 0.717) is 5.02 Å². The van der Waals surface area contributed by atoms with Crippen molar-refractivity contribution < 1.29 is 9.90 Å². The first-order valence-electron chi connectivity index (χ1n) is 12.6. The summed E-state index contributed by atoms with van der Waals surface area (Å²) in [7, 11) is 0. The Bertz CT molecular complexity index is 1450. The lowest BCUT2D eigenvalue weighted by molar-refractivity contribution is -0.137. The lowest BCUT2D eigenvalue weighted by Gasteiger charge is -2.14. The highest BCUT2D eigenvalue weighted by atomic mass is 35.5. The highest BCUT2D eigenvalue weighted by molar-refractivity contribution is 6.30. The van der Waals surface area contributed by atoms with Crippen LogP contribution in [0.3, 0.4) is 0 Å². The van der Waals surface area contributed by atoms with Gasteiger partial charge in [-0.05, 0) is 56.5 Å². The minimum Gasteiger partial charge on any atom is -0.481 e. The molecule has 37 heavy (non-hydrogen) atoms. The van der Waals surface area contributed by atoms with Gasteiger partial charge in [0.05, 0.1) is 17.6 Å². The first kappa shape index (κ1) is 24.9. The summed E-state index contributed by atoms with van der Waals surface area (Å²) in [6.45, 7) is 4.80. The van der Waals surface area contributed by atoms with Gasteiger partial charge in [-0.25, -0.2) is 0 Å². The largest absolute Gasteiger partial charge is 0.481 e. The number of benzene rings is 2. The summed E-state index contributed by atoms with van der Waals surface area (Å²) in [4.78, 5) is 15.7. The summed E-state index contributed by atoms with van der Waals surface area (Å²) in [5, 5.41) is 22.8. The SMILES string of the molecule is Cc1nnc2n1-c1ccc(-c3cnn(CCCCCCC(=O)O)c3)cc1C(c1ccc(Cl)cc1)=N[C@H]2C. The number of hydrogen-bond donors (Lipinski definition) is 1. The van der Waals surface area contributed by atoms with Gasteiger partial charge in [-0.15, -0.1) is 10.2 Å². The molecule has 0 saturated carbocycles. The summed E-state index contributed by atoms with van der Waals surface area (Å²) < 4.78 is 4.04. The zero-order valence-electron chi connectivity index (χ0n) is 20.9. The molecule has 5 rings (SSSR count). The zero-order valence-corrected chi connectivity index (χ0v) is 21.7. The maximum Gasteiger partial charge on any atom is 0.303 e. The molecule has 1 N–H and O–H groups in total. The molecule has 4 aromatic rings. The van der Waals surface area contributed by atoms with Crippen molar-refractivity contribution in [3.63, 3.8) is 0 Å².